The Hall–Kier alpha value is -1.78. The van der Waals surface area contributed by atoms with Gasteiger partial charge >= 0.3 is 0 Å². The highest BCUT2D eigenvalue weighted by Gasteiger charge is 2.47. The highest BCUT2D eigenvalue weighted by molar-refractivity contribution is 14.1. The van der Waals surface area contributed by atoms with Crippen molar-refractivity contribution in [1.29, 1.82) is 0 Å². The van der Waals surface area contributed by atoms with Gasteiger partial charge in [0.25, 0.3) is 5.91 Å². The lowest BCUT2D eigenvalue weighted by Gasteiger charge is -2.32. The van der Waals surface area contributed by atoms with Crippen LogP contribution in [0.25, 0.3) is 0 Å². The fraction of sp³-hybridized carbons (Fsp3) is 0.429. The van der Waals surface area contributed by atoms with Gasteiger partial charge in [-0.3, -0.25) is 9.78 Å². The van der Waals surface area contributed by atoms with E-state index in [0.29, 0.717) is 16.9 Å². The van der Waals surface area contributed by atoms with Crippen molar-refractivity contribution in [1.82, 2.24) is 10.3 Å². The zero-order valence-corrected chi connectivity index (χ0v) is 18.4. The van der Waals surface area contributed by atoms with Gasteiger partial charge in [0, 0.05) is 9.77 Å². The van der Waals surface area contributed by atoms with Crippen LogP contribution in [0.1, 0.15) is 43.5 Å². The first-order valence-corrected chi connectivity index (χ1v) is 10.7. The highest BCUT2D eigenvalue weighted by Crippen LogP contribution is 2.37. The van der Waals surface area contributed by atoms with Crippen LogP contribution in [-0.2, 0) is 9.47 Å². The molecule has 1 aromatic heterocycles. The van der Waals surface area contributed by atoms with Gasteiger partial charge in [-0.15, -0.1) is 0 Å². The average Bonchev–Trinajstić information content (AvgIpc) is 2.99. The molecule has 1 aliphatic carbocycles. The number of hydrogen-bond acceptors (Lipinski definition) is 5. The Balaban J connectivity index is 1.52. The van der Waals surface area contributed by atoms with Crippen LogP contribution in [0, 0.1) is 9.39 Å². The molecular formula is C21H23FIN3O3. The number of nitrogens with zero attached hydrogens (tertiary/aromatic N) is 1. The molecule has 6 nitrogen and oxygen atoms in total. The molecule has 154 valence electrons. The fourth-order valence-corrected chi connectivity index (χ4v) is 4.41. The minimum atomic E-state index is -0.644. The Kier molecular flexibility index (Phi) is 5.76. The number of nitrogens with one attached hydrogen (secondary N) is 2. The van der Waals surface area contributed by atoms with E-state index < -0.39 is 5.79 Å². The summed E-state index contributed by atoms with van der Waals surface area (Å²) in [5, 5.41) is 6.08. The number of carbonyl (C=O) groups is 1. The number of pyridine rings is 1. The van der Waals surface area contributed by atoms with Crippen molar-refractivity contribution in [2.24, 2.45) is 0 Å². The number of halogens is 2. The maximum absolute atomic E-state index is 14.2. The van der Waals surface area contributed by atoms with Crippen molar-refractivity contribution in [3.8, 4) is 0 Å². The lowest BCUT2D eigenvalue weighted by atomic mass is 9.90. The van der Waals surface area contributed by atoms with Crippen LogP contribution < -0.4 is 10.6 Å². The third-order valence-corrected chi connectivity index (χ3v) is 5.88. The molecule has 2 heterocycles. The van der Waals surface area contributed by atoms with Crippen LogP contribution >= 0.6 is 22.6 Å². The molecule has 3 atom stereocenters. The Bertz CT molecular complexity index is 924. The van der Waals surface area contributed by atoms with Crippen LogP contribution in [0.3, 0.4) is 0 Å². The van der Waals surface area contributed by atoms with Crippen molar-refractivity contribution in [3.63, 3.8) is 0 Å². The van der Waals surface area contributed by atoms with Gasteiger partial charge in [0.1, 0.15) is 11.9 Å². The number of fused-ring (bicyclic) bond motifs is 1. The number of ether oxygens (including phenoxy) is 2. The second-order valence-corrected chi connectivity index (χ2v) is 9.07. The summed E-state index contributed by atoms with van der Waals surface area (Å²) >= 11 is 2.05. The van der Waals surface area contributed by atoms with Gasteiger partial charge in [0.2, 0.25) is 0 Å². The van der Waals surface area contributed by atoms with E-state index in [-0.39, 0.29) is 30.0 Å². The number of rotatable bonds is 4. The summed E-state index contributed by atoms with van der Waals surface area (Å²) < 4.78 is 27.0. The van der Waals surface area contributed by atoms with Crippen LogP contribution in [0.2, 0.25) is 0 Å². The Morgan fingerprint density at radius 2 is 2.07 bits per heavy atom. The lowest BCUT2D eigenvalue weighted by molar-refractivity contribution is -0.147. The van der Waals surface area contributed by atoms with E-state index in [4.69, 9.17) is 9.47 Å². The minimum Gasteiger partial charge on any atom is -0.351 e. The first-order valence-electron chi connectivity index (χ1n) is 9.65. The standard InChI is InChI=1S/C21H23FIN3O3/c1-21(2)28-18-5-3-4-16(19(18)29-21)26-20(27)13-8-9-24-11-17(13)25-15-7-6-12(23)10-14(15)22/h6-11,16,18-19,25H,3-5H2,1-2H3,(H,26,27)/t16-,18-,19+/m0/s1. The van der Waals surface area contributed by atoms with E-state index in [1.165, 1.54) is 12.3 Å². The smallest absolute Gasteiger partial charge is 0.253 e. The molecule has 2 aliphatic rings. The number of amides is 1. The maximum atomic E-state index is 14.2. The van der Waals surface area contributed by atoms with Gasteiger partial charge < -0.3 is 20.1 Å². The highest BCUT2D eigenvalue weighted by atomic mass is 127. The summed E-state index contributed by atoms with van der Waals surface area (Å²) in [4.78, 5) is 17.1. The maximum Gasteiger partial charge on any atom is 0.253 e. The number of aromatic nitrogens is 1. The first-order chi connectivity index (χ1) is 13.8. The summed E-state index contributed by atoms with van der Waals surface area (Å²) in [6, 6.07) is 6.35. The molecule has 2 fully saturated rings. The predicted molar refractivity (Wildman–Crippen MR) is 116 cm³/mol. The van der Waals surface area contributed by atoms with E-state index in [0.717, 1.165) is 22.8 Å². The van der Waals surface area contributed by atoms with E-state index in [1.807, 2.05) is 36.4 Å². The zero-order chi connectivity index (χ0) is 20.6. The molecule has 2 N–H and O–H groups in total. The molecule has 4 rings (SSSR count). The van der Waals surface area contributed by atoms with Gasteiger partial charge in [-0.2, -0.15) is 0 Å². The number of benzene rings is 1. The Morgan fingerprint density at radius 3 is 2.86 bits per heavy atom. The average molecular weight is 511 g/mol. The normalized spacial score (nSPS) is 25.3. The van der Waals surface area contributed by atoms with Gasteiger partial charge in [-0.1, -0.05) is 0 Å². The van der Waals surface area contributed by atoms with Crippen molar-refractivity contribution in [2.75, 3.05) is 5.32 Å². The monoisotopic (exact) mass is 511 g/mol. The fourth-order valence-electron chi connectivity index (χ4n) is 3.96. The molecule has 1 aromatic carbocycles. The second kappa shape index (κ2) is 8.16. The molecule has 0 radical (unpaired) electrons. The third-order valence-electron chi connectivity index (χ3n) is 5.20. The Morgan fingerprint density at radius 1 is 1.24 bits per heavy atom. The van der Waals surface area contributed by atoms with E-state index in [9.17, 15) is 9.18 Å². The number of anilines is 2. The topological polar surface area (TPSA) is 72.5 Å². The van der Waals surface area contributed by atoms with E-state index in [2.05, 4.69) is 15.6 Å². The predicted octanol–water partition coefficient (Wildman–Crippen LogP) is 4.37. The van der Waals surface area contributed by atoms with Crippen LogP contribution in [0.4, 0.5) is 15.8 Å². The van der Waals surface area contributed by atoms with Crippen molar-refractivity contribution >= 4 is 39.9 Å². The second-order valence-electron chi connectivity index (χ2n) is 7.82. The van der Waals surface area contributed by atoms with Crippen LogP contribution in [0.5, 0.6) is 0 Å². The molecule has 0 spiro atoms. The van der Waals surface area contributed by atoms with Crippen LogP contribution in [0.15, 0.2) is 36.7 Å². The SMILES string of the molecule is CC1(C)O[C@@H]2[C@@H](NC(=O)c3ccncc3Nc3ccc(I)cc3F)CCC[C@@H]2O1. The number of hydrogen-bond donors (Lipinski definition) is 2. The molecule has 2 aromatic rings. The zero-order valence-electron chi connectivity index (χ0n) is 16.2. The molecule has 8 heteroatoms. The van der Waals surface area contributed by atoms with E-state index in [1.54, 1.807) is 24.4 Å². The third kappa shape index (κ3) is 4.54. The molecule has 1 amide bonds. The molecule has 1 saturated heterocycles. The van der Waals surface area contributed by atoms with Gasteiger partial charge in [0.05, 0.1) is 35.3 Å². The van der Waals surface area contributed by atoms with Gasteiger partial charge in [-0.25, -0.2) is 4.39 Å². The van der Waals surface area contributed by atoms with Crippen LogP contribution in [-0.4, -0.2) is 34.9 Å². The molecule has 1 aliphatic heterocycles. The van der Waals surface area contributed by atoms with Crippen molar-refractivity contribution in [2.45, 2.75) is 57.1 Å². The minimum absolute atomic E-state index is 0.0139. The number of carbonyl (C=O) groups excluding carboxylic acids is 1. The molecule has 1 saturated carbocycles. The summed E-state index contributed by atoms with van der Waals surface area (Å²) in [5.74, 6) is -1.28. The molecule has 0 unspecified atom stereocenters. The largest absolute Gasteiger partial charge is 0.351 e. The first kappa shape index (κ1) is 20.5. The lowest BCUT2D eigenvalue weighted by Crippen LogP contribution is -2.50. The summed E-state index contributed by atoms with van der Waals surface area (Å²) in [6.07, 6.45) is 5.59. The van der Waals surface area contributed by atoms with Gasteiger partial charge in [-0.05, 0) is 80.0 Å². The summed E-state index contributed by atoms with van der Waals surface area (Å²) in [7, 11) is 0. The summed E-state index contributed by atoms with van der Waals surface area (Å²) in [5.41, 5.74) is 1.14. The van der Waals surface area contributed by atoms with Gasteiger partial charge in [0.15, 0.2) is 5.79 Å². The van der Waals surface area contributed by atoms with Crippen molar-refractivity contribution in [3.05, 3.63) is 51.6 Å². The molecular weight excluding hydrogens is 488 g/mol. The van der Waals surface area contributed by atoms with E-state index >= 15 is 0 Å². The van der Waals surface area contributed by atoms with Crippen molar-refractivity contribution < 1.29 is 18.7 Å². The Labute approximate surface area is 182 Å². The molecule has 0 bridgehead atoms. The quantitative estimate of drug-likeness (QED) is 0.597. The summed E-state index contributed by atoms with van der Waals surface area (Å²) in [6.45, 7) is 3.79. The molecule has 29 heavy (non-hydrogen) atoms.